The van der Waals surface area contributed by atoms with E-state index in [2.05, 4.69) is 12.2 Å². The largest absolute Gasteiger partial charge is 0.393 e. The number of rotatable bonds is 3. The van der Waals surface area contributed by atoms with Crippen molar-refractivity contribution in [3.05, 3.63) is 0 Å². The molecule has 0 amide bonds. The molecule has 2 N–H and O–H groups in total. The van der Waals surface area contributed by atoms with Crippen molar-refractivity contribution in [3.8, 4) is 0 Å². The van der Waals surface area contributed by atoms with Crippen molar-refractivity contribution in [2.24, 2.45) is 11.8 Å². The molecule has 2 heteroatoms. The Morgan fingerprint density at radius 1 is 1.13 bits per heavy atom. The lowest BCUT2D eigenvalue weighted by molar-refractivity contribution is 0.0416. The van der Waals surface area contributed by atoms with Crippen LogP contribution in [0.1, 0.15) is 51.9 Å². The summed E-state index contributed by atoms with van der Waals surface area (Å²) in [5.74, 6) is 1.68. The molecule has 0 saturated heterocycles. The third-order valence-corrected chi connectivity index (χ3v) is 4.16. The molecule has 2 saturated carbocycles. The van der Waals surface area contributed by atoms with Crippen molar-refractivity contribution < 1.29 is 5.11 Å². The Balaban J connectivity index is 1.61. The Labute approximate surface area is 93.5 Å². The van der Waals surface area contributed by atoms with Crippen LogP contribution in [-0.4, -0.2) is 23.8 Å². The van der Waals surface area contributed by atoms with Gasteiger partial charge in [0, 0.05) is 6.04 Å². The molecule has 88 valence electrons. The lowest BCUT2D eigenvalue weighted by Gasteiger charge is -2.32. The van der Waals surface area contributed by atoms with E-state index in [1.807, 2.05) is 0 Å². The zero-order valence-electron chi connectivity index (χ0n) is 9.91. The summed E-state index contributed by atoms with van der Waals surface area (Å²) < 4.78 is 0. The van der Waals surface area contributed by atoms with Crippen LogP contribution in [0.5, 0.6) is 0 Å². The number of hydrogen-bond acceptors (Lipinski definition) is 2. The van der Waals surface area contributed by atoms with Crippen molar-refractivity contribution in [3.63, 3.8) is 0 Å². The van der Waals surface area contributed by atoms with Gasteiger partial charge in [0.25, 0.3) is 0 Å². The standard InChI is InChI=1S/C13H25NO/c1-10-3-2-4-12(6-5-10)14-9-11-7-13(15)8-11/h10-15H,2-9H2,1H3. The topological polar surface area (TPSA) is 32.3 Å². The van der Waals surface area contributed by atoms with Gasteiger partial charge in [-0.05, 0) is 50.5 Å². The van der Waals surface area contributed by atoms with Crippen LogP contribution in [0.2, 0.25) is 0 Å². The van der Waals surface area contributed by atoms with Gasteiger partial charge in [-0.2, -0.15) is 0 Å². The summed E-state index contributed by atoms with van der Waals surface area (Å²) in [5, 5.41) is 12.9. The number of aliphatic hydroxyl groups is 1. The molecule has 2 nitrogen and oxygen atoms in total. The van der Waals surface area contributed by atoms with E-state index in [0.717, 1.165) is 37.3 Å². The molecule has 2 unspecified atom stereocenters. The quantitative estimate of drug-likeness (QED) is 0.702. The number of hydrogen-bond donors (Lipinski definition) is 2. The summed E-state index contributed by atoms with van der Waals surface area (Å²) in [6.45, 7) is 3.51. The Bertz CT molecular complexity index is 189. The van der Waals surface area contributed by atoms with E-state index in [4.69, 9.17) is 0 Å². The van der Waals surface area contributed by atoms with Crippen LogP contribution in [0.3, 0.4) is 0 Å². The first kappa shape index (κ1) is 11.4. The second-order valence-corrected chi connectivity index (χ2v) is 5.71. The van der Waals surface area contributed by atoms with E-state index in [0.29, 0.717) is 0 Å². The Hall–Kier alpha value is -0.0800. The van der Waals surface area contributed by atoms with Gasteiger partial charge in [0.15, 0.2) is 0 Å². The first-order valence-electron chi connectivity index (χ1n) is 6.65. The zero-order valence-corrected chi connectivity index (χ0v) is 9.91. The fourth-order valence-corrected chi connectivity index (χ4v) is 2.89. The van der Waals surface area contributed by atoms with Gasteiger partial charge in [-0.25, -0.2) is 0 Å². The summed E-state index contributed by atoms with van der Waals surface area (Å²) in [4.78, 5) is 0. The SMILES string of the molecule is CC1CCCC(NCC2CC(O)C2)CC1. The second-order valence-electron chi connectivity index (χ2n) is 5.71. The minimum absolute atomic E-state index is 0.00551. The van der Waals surface area contributed by atoms with Crippen LogP contribution in [0.4, 0.5) is 0 Å². The summed E-state index contributed by atoms with van der Waals surface area (Å²) in [6.07, 6.45) is 8.98. The fourth-order valence-electron chi connectivity index (χ4n) is 2.89. The molecule has 2 aliphatic rings. The van der Waals surface area contributed by atoms with Crippen molar-refractivity contribution in [2.45, 2.75) is 64.0 Å². The smallest absolute Gasteiger partial charge is 0.0546 e. The van der Waals surface area contributed by atoms with Gasteiger partial charge in [0.05, 0.1) is 6.10 Å². The van der Waals surface area contributed by atoms with Gasteiger partial charge in [-0.15, -0.1) is 0 Å². The molecule has 0 radical (unpaired) electrons. The van der Waals surface area contributed by atoms with E-state index in [1.54, 1.807) is 0 Å². The fraction of sp³-hybridized carbons (Fsp3) is 1.00. The van der Waals surface area contributed by atoms with Crippen LogP contribution in [0.25, 0.3) is 0 Å². The third-order valence-electron chi connectivity index (χ3n) is 4.16. The molecule has 0 aromatic rings. The van der Waals surface area contributed by atoms with E-state index < -0.39 is 0 Å². The van der Waals surface area contributed by atoms with Crippen molar-refractivity contribution in [2.75, 3.05) is 6.54 Å². The highest BCUT2D eigenvalue weighted by molar-refractivity contribution is 4.82. The lowest BCUT2D eigenvalue weighted by atomic mass is 9.82. The molecule has 0 aromatic heterocycles. The van der Waals surface area contributed by atoms with Crippen molar-refractivity contribution in [1.82, 2.24) is 5.32 Å². The van der Waals surface area contributed by atoms with Gasteiger partial charge < -0.3 is 10.4 Å². The summed E-state index contributed by atoms with van der Waals surface area (Å²) in [6, 6.07) is 0.757. The minimum Gasteiger partial charge on any atom is -0.393 e. The summed E-state index contributed by atoms with van der Waals surface area (Å²) in [5.41, 5.74) is 0. The maximum Gasteiger partial charge on any atom is 0.0546 e. The predicted molar refractivity (Wildman–Crippen MR) is 62.8 cm³/mol. The average molecular weight is 211 g/mol. The highest BCUT2D eigenvalue weighted by atomic mass is 16.3. The minimum atomic E-state index is 0.00551. The molecular weight excluding hydrogens is 186 g/mol. The third kappa shape index (κ3) is 3.46. The molecular formula is C13H25NO. The second kappa shape index (κ2) is 5.31. The van der Waals surface area contributed by atoms with E-state index in [-0.39, 0.29) is 6.10 Å². The molecule has 0 aliphatic heterocycles. The molecule has 0 spiro atoms. The van der Waals surface area contributed by atoms with Gasteiger partial charge in [-0.1, -0.05) is 19.8 Å². The van der Waals surface area contributed by atoms with E-state index >= 15 is 0 Å². The molecule has 0 aromatic carbocycles. The zero-order chi connectivity index (χ0) is 10.7. The van der Waals surface area contributed by atoms with Crippen LogP contribution in [-0.2, 0) is 0 Å². The maximum atomic E-state index is 9.21. The molecule has 0 heterocycles. The summed E-state index contributed by atoms with van der Waals surface area (Å²) in [7, 11) is 0. The van der Waals surface area contributed by atoms with Gasteiger partial charge >= 0.3 is 0 Å². The Morgan fingerprint density at radius 2 is 1.93 bits per heavy atom. The first-order valence-corrected chi connectivity index (χ1v) is 6.65. The molecule has 0 bridgehead atoms. The van der Waals surface area contributed by atoms with Gasteiger partial charge in [0.2, 0.25) is 0 Å². The van der Waals surface area contributed by atoms with E-state index in [9.17, 15) is 5.11 Å². The van der Waals surface area contributed by atoms with Crippen LogP contribution in [0, 0.1) is 11.8 Å². The molecule has 2 atom stereocenters. The van der Waals surface area contributed by atoms with Crippen LogP contribution < -0.4 is 5.32 Å². The molecule has 15 heavy (non-hydrogen) atoms. The van der Waals surface area contributed by atoms with Gasteiger partial charge in [-0.3, -0.25) is 0 Å². The highest BCUT2D eigenvalue weighted by Crippen LogP contribution is 2.27. The molecule has 2 aliphatic carbocycles. The van der Waals surface area contributed by atoms with Crippen molar-refractivity contribution >= 4 is 0 Å². The van der Waals surface area contributed by atoms with Gasteiger partial charge in [0.1, 0.15) is 0 Å². The number of nitrogens with one attached hydrogen (secondary N) is 1. The maximum absolute atomic E-state index is 9.21. The van der Waals surface area contributed by atoms with Crippen LogP contribution >= 0.6 is 0 Å². The number of aliphatic hydroxyl groups excluding tert-OH is 1. The molecule has 2 rings (SSSR count). The van der Waals surface area contributed by atoms with Crippen molar-refractivity contribution in [1.29, 1.82) is 0 Å². The van der Waals surface area contributed by atoms with Crippen LogP contribution in [0.15, 0.2) is 0 Å². The van der Waals surface area contributed by atoms with E-state index in [1.165, 1.54) is 32.1 Å². The summed E-state index contributed by atoms with van der Waals surface area (Å²) >= 11 is 0. The normalized spacial score (nSPS) is 42.0. The predicted octanol–water partition coefficient (Wildman–Crippen LogP) is 2.32. The lowest BCUT2D eigenvalue weighted by Crippen LogP contribution is -2.40. The monoisotopic (exact) mass is 211 g/mol. The first-order chi connectivity index (χ1) is 7.24. The molecule has 2 fully saturated rings. The Kier molecular flexibility index (Phi) is 4.04. The highest BCUT2D eigenvalue weighted by Gasteiger charge is 2.27. The Morgan fingerprint density at radius 3 is 2.67 bits per heavy atom. The average Bonchev–Trinajstić information content (AvgIpc) is 2.36.